The summed E-state index contributed by atoms with van der Waals surface area (Å²) in [7, 11) is 0. The molecule has 2 N–H and O–H groups in total. The van der Waals surface area contributed by atoms with Crippen molar-refractivity contribution < 1.29 is 19.7 Å². The molecule has 0 aliphatic heterocycles. The van der Waals surface area contributed by atoms with Crippen molar-refractivity contribution in [2.24, 2.45) is 0 Å². The highest BCUT2D eigenvalue weighted by Crippen LogP contribution is 2.63. The number of benzene rings is 2. The Hall–Kier alpha value is -2.04. The van der Waals surface area contributed by atoms with Gasteiger partial charge in [0, 0.05) is 18.6 Å². The molecule has 2 aromatic carbocycles. The van der Waals surface area contributed by atoms with E-state index in [1.807, 2.05) is 26.0 Å². The highest BCUT2D eigenvalue weighted by molar-refractivity contribution is 5.63. The first-order chi connectivity index (χ1) is 15.6. The molecule has 0 aromatic heterocycles. The van der Waals surface area contributed by atoms with Crippen LogP contribution < -0.4 is 0 Å². The number of phenols is 2. The van der Waals surface area contributed by atoms with Crippen molar-refractivity contribution in [1.29, 1.82) is 0 Å². The molecular weight excluding hydrogens is 412 g/mol. The molecule has 4 nitrogen and oxygen atoms in total. The molecule has 180 valence electrons. The van der Waals surface area contributed by atoms with Gasteiger partial charge in [-0.1, -0.05) is 39.8 Å². The van der Waals surface area contributed by atoms with E-state index in [1.165, 1.54) is 22.3 Å². The molecule has 0 radical (unpaired) electrons. The smallest absolute Gasteiger partial charge is 0.119 e. The average Bonchev–Trinajstić information content (AvgIpc) is 3.08. The summed E-state index contributed by atoms with van der Waals surface area (Å²) in [4.78, 5) is 0. The predicted molar refractivity (Wildman–Crippen MR) is 133 cm³/mol. The molecule has 1 spiro atoms. The summed E-state index contributed by atoms with van der Waals surface area (Å²) in [5, 5.41) is 21.9. The fourth-order valence-electron chi connectivity index (χ4n) is 6.52. The molecule has 0 bridgehead atoms. The third kappa shape index (κ3) is 4.06. The van der Waals surface area contributed by atoms with Gasteiger partial charge in [0.25, 0.3) is 0 Å². The van der Waals surface area contributed by atoms with Gasteiger partial charge in [-0.15, -0.1) is 0 Å². The summed E-state index contributed by atoms with van der Waals surface area (Å²) >= 11 is 0. The van der Waals surface area contributed by atoms with Gasteiger partial charge in [-0.25, -0.2) is 0 Å². The number of aromatic hydroxyl groups is 2. The second kappa shape index (κ2) is 8.63. The van der Waals surface area contributed by atoms with E-state index in [0.717, 1.165) is 24.0 Å². The van der Waals surface area contributed by atoms with E-state index in [9.17, 15) is 10.2 Å². The molecule has 2 aliphatic rings. The van der Waals surface area contributed by atoms with E-state index in [2.05, 4.69) is 39.8 Å². The molecule has 0 saturated carbocycles. The van der Waals surface area contributed by atoms with Gasteiger partial charge >= 0.3 is 0 Å². The van der Waals surface area contributed by atoms with Crippen LogP contribution in [0.3, 0.4) is 0 Å². The monoisotopic (exact) mass is 452 g/mol. The fourth-order valence-corrected chi connectivity index (χ4v) is 6.52. The van der Waals surface area contributed by atoms with Crippen LogP contribution in [0.4, 0.5) is 0 Å². The van der Waals surface area contributed by atoms with E-state index in [0.29, 0.717) is 50.8 Å². The number of hydrogen-bond donors (Lipinski definition) is 2. The highest BCUT2D eigenvalue weighted by Gasteiger charge is 2.56. The molecule has 4 heteroatoms. The van der Waals surface area contributed by atoms with E-state index >= 15 is 0 Å². The van der Waals surface area contributed by atoms with Crippen LogP contribution in [-0.4, -0.2) is 36.6 Å². The lowest BCUT2D eigenvalue weighted by Crippen LogP contribution is -2.26. The largest absolute Gasteiger partial charge is 0.508 e. The van der Waals surface area contributed by atoms with Gasteiger partial charge in [0.15, 0.2) is 0 Å². The molecular formula is C29H40O4. The first-order valence-electron chi connectivity index (χ1n) is 12.4. The zero-order valence-corrected chi connectivity index (χ0v) is 21.2. The molecule has 0 heterocycles. The van der Waals surface area contributed by atoms with Gasteiger partial charge in [0.1, 0.15) is 11.5 Å². The van der Waals surface area contributed by atoms with Crippen LogP contribution in [0.5, 0.6) is 11.5 Å². The lowest BCUT2D eigenvalue weighted by Gasteiger charge is -2.30. The van der Waals surface area contributed by atoms with Crippen molar-refractivity contribution in [3.8, 4) is 11.5 Å². The van der Waals surface area contributed by atoms with Gasteiger partial charge in [0.05, 0.1) is 13.2 Å². The van der Waals surface area contributed by atoms with Crippen LogP contribution in [-0.2, 0) is 38.6 Å². The van der Waals surface area contributed by atoms with E-state index < -0.39 is 0 Å². The van der Waals surface area contributed by atoms with Gasteiger partial charge in [0.2, 0.25) is 0 Å². The minimum absolute atomic E-state index is 0.0235. The zero-order valence-electron chi connectivity index (χ0n) is 21.2. The van der Waals surface area contributed by atoms with Crippen molar-refractivity contribution in [1.82, 2.24) is 0 Å². The Bertz CT molecular complexity index is 951. The molecule has 0 atom stereocenters. The third-order valence-electron chi connectivity index (χ3n) is 7.85. The Balaban J connectivity index is 1.82. The van der Waals surface area contributed by atoms with Crippen molar-refractivity contribution in [3.63, 3.8) is 0 Å². The van der Waals surface area contributed by atoms with Crippen LogP contribution in [0.25, 0.3) is 0 Å². The van der Waals surface area contributed by atoms with Crippen LogP contribution in [0, 0.1) is 0 Å². The van der Waals surface area contributed by atoms with Crippen LogP contribution in [0.2, 0.25) is 0 Å². The Kier molecular flexibility index (Phi) is 6.30. The topological polar surface area (TPSA) is 58.9 Å². The Labute approximate surface area is 198 Å². The molecule has 0 unspecified atom stereocenters. The highest BCUT2D eigenvalue weighted by atomic mass is 16.5. The minimum Gasteiger partial charge on any atom is -0.508 e. The maximum absolute atomic E-state index is 11.0. The number of hydrogen-bond acceptors (Lipinski definition) is 4. The van der Waals surface area contributed by atoms with Crippen molar-refractivity contribution in [2.75, 3.05) is 26.4 Å². The molecule has 4 rings (SSSR count). The summed E-state index contributed by atoms with van der Waals surface area (Å²) in [5.74, 6) is 0.712. The third-order valence-corrected chi connectivity index (χ3v) is 7.85. The van der Waals surface area contributed by atoms with Crippen molar-refractivity contribution >= 4 is 0 Å². The van der Waals surface area contributed by atoms with Gasteiger partial charge in [-0.05, 0) is 95.9 Å². The molecule has 0 fully saturated rings. The summed E-state index contributed by atoms with van der Waals surface area (Å²) in [5.41, 5.74) is 6.73. The second-order valence-corrected chi connectivity index (χ2v) is 11.2. The van der Waals surface area contributed by atoms with Crippen molar-refractivity contribution in [3.05, 3.63) is 57.6 Å². The molecule has 0 amide bonds. The van der Waals surface area contributed by atoms with Crippen LogP contribution >= 0.6 is 0 Å². The summed E-state index contributed by atoms with van der Waals surface area (Å²) < 4.78 is 11.1. The summed E-state index contributed by atoms with van der Waals surface area (Å²) in [6, 6.07) is 8.44. The number of fused-ring (bicyclic) bond motifs is 4. The quantitative estimate of drug-likeness (QED) is 0.489. The summed E-state index contributed by atoms with van der Waals surface area (Å²) in [6.07, 6.45) is 3.36. The first kappa shape index (κ1) is 24.1. The van der Waals surface area contributed by atoms with E-state index in [1.54, 1.807) is 0 Å². The van der Waals surface area contributed by atoms with Crippen molar-refractivity contribution in [2.45, 2.75) is 83.5 Å². The maximum Gasteiger partial charge on any atom is 0.119 e. The molecule has 33 heavy (non-hydrogen) atoms. The van der Waals surface area contributed by atoms with E-state index in [4.69, 9.17) is 9.47 Å². The molecule has 0 saturated heterocycles. The molecule has 2 aliphatic carbocycles. The molecule has 2 aromatic rings. The standard InChI is InChI=1S/C29H40O4/c1-7-32-11-9-19-13-21-23(15-25(19)30)29(17-27(21,3)4)18-28(5,6)22-14-20(10-12-33-8-2)26(31)16-24(22)29/h13-16,30-31H,7-12,17-18H2,1-6H3. The predicted octanol–water partition coefficient (Wildman–Crippen LogP) is 5.90. The Morgan fingerprint density at radius 1 is 0.667 bits per heavy atom. The van der Waals surface area contributed by atoms with E-state index in [-0.39, 0.29) is 16.2 Å². The van der Waals surface area contributed by atoms with Crippen LogP contribution in [0.1, 0.15) is 87.8 Å². The number of phenolic OH excluding ortho intramolecular Hbond substituents is 2. The number of rotatable bonds is 8. The van der Waals surface area contributed by atoms with Crippen LogP contribution in [0.15, 0.2) is 24.3 Å². The zero-order chi connectivity index (χ0) is 24.0. The van der Waals surface area contributed by atoms with Gasteiger partial charge < -0.3 is 19.7 Å². The maximum atomic E-state index is 11.0. The fraction of sp³-hybridized carbons (Fsp3) is 0.586. The normalized spacial score (nSPS) is 19.1. The first-order valence-corrected chi connectivity index (χ1v) is 12.4. The SMILES string of the molecule is CCOCCc1cc2c(cc1O)C1(CC2(C)C)CC(C)(C)c2cc(CCOCC)c(O)cc21. The summed E-state index contributed by atoms with van der Waals surface area (Å²) in [6.45, 7) is 15.8. The van der Waals surface area contributed by atoms with Gasteiger partial charge in [-0.2, -0.15) is 0 Å². The minimum atomic E-state index is -0.205. The lowest BCUT2D eigenvalue weighted by atomic mass is 9.72. The lowest BCUT2D eigenvalue weighted by molar-refractivity contribution is 0.150. The van der Waals surface area contributed by atoms with Gasteiger partial charge in [-0.3, -0.25) is 0 Å². The second-order valence-electron chi connectivity index (χ2n) is 11.2. The Morgan fingerprint density at radius 3 is 1.42 bits per heavy atom. The Morgan fingerprint density at radius 2 is 1.06 bits per heavy atom. The number of ether oxygens (including phenoxy) is 2. The average molecular weight is 453 g/mol.